The Hall–Kier alpha value is -1.14. The number of rotatable bonds is 5. The highest BCUT2D eigenvalue weighted by Crippen LogP contribution is 2.17. The first kappa shape index (κ1) is 19.9. The third-order valence-corrected chi connectivity index (χ3v) is 4.68. The highest BCUT2D eigenvalue weighted by molar-refractivity contribution is 7.09. The average Bonchev–Trinajstić information content (AvgIpc) is 3.13. The number of carbonyl (C=O) groups is 1. The van der Waals surface area contributed by atoms with Crippen molar-refractivity contribution in [3.8, 4) is 0 Å². The number of benzene rings is 1. The molecule has 23 heavy (non-hydrogen) atoms. The van der Waals surface area contributed by atoms with Crippen molar-refractivity contribution >= 4 is 42.1 Å². The first-order chi connectivity index (χ1) is 10.2. The van der Waals surface area contributed by atoms with E-state index in [1.54, 1.807) is 11.3 Å². The van der Waals surface area contributed by atoms with Crippen LogP contribution < -0.4 is 10.6 Å². The number of halogens is 2. The standard InChI is InChI=1S/C16H19N3OS.2ClH/c1-2-16-19-14(10-21-16)6-15(20)18-7-11-3-4-12-8-17-9-13(12)5-11;;/h3-5,10,17H,2,6-9H2,1H3,(H,18,20);2*1H. The lowest BCUT2D eigenvalue weighted by Gasteiger charge is -2.06. The molecule has 0 atom stereocenters. The minimum atomic E-state index is 0. The Balaban J connectivity index is 0.00000132. The van der Waals surface area contributed by atoms with Crippen LogP contribution >= 0.6 is 36.2 Å². The molecule has 126 valence electrons. The normalized spacial score (nSPS) is 12.0. The van der Waals surface area contributed by atoms with Crippen LogP contribution in [-0.2, 0) is 37.3 Å². The van der Waals surface area contributed by atoms with Crippen LogP contribution in [0.1, 0.15) is 34.3 Å². The van der Waals surface area contributed by atoms with Crippen LogP contribution in [0.15, 0.2) is 23.6 Å². The largest absolute Gasteiger partial charge is 0.352 e. The average molecular weight is 374 g/mol. The number of thiazole rings is 1. The van der Waals surface area contributed by atoms with Crippen molar-refractivity contribution in [2.24, 2.45) is 0 Å². The van der Waals surface area contributed by atoms with E-state index in [2.05, 4.69) is 40.7 Å². The molecule has 1 aromatic heterocycles. The fraction of sp³-hybridized carbons (Fsp3) is 0.375. The maximum absolute atomic E-state index is 12.0. The summed E-state index contributed by atoms with van der Waals surface area (Å²) in [7, 11) is 0. The van der Waals surface area contributed by atoms with Crippen molar-refractivity contribution in [1.82, 2.24) is 15.6 Å². The quantitative estimate of drug-likeness (QED) is 0.846. The Kier molecular flexibility index (Phi) is 7.99. The Bertz CT molecular complexity index is 661. The number of aryl methyl sites for hydroxylation is 1. The number of nitrogens with one attached hydrogen (secondary N) is 2. The summed E-state index contributed by atoms with van der Waals surface area (Å²) >= 11 is 1.62. The van der Waals surface area contributed by atoms with Gasteiger partial charge in [0.15, 0.2) is 0 Å². The summed E-state index contributed by atoms with van der Waals surface area (Å²) in [6.07, 6.45) is 1.29. The zero-order valence-electron chi connectivity index (χ0n) is 12.9. The van der Waals surface area contributed by atoms with Gasteiger partial charge in [0, 0.05) is 25.0 Å². The summed E-state index contributed by atoms with van der Waals surface area (Å²) in [5.41, 5.74) is 4.72. The molecule has 0 aliphatic carbocycles. The third kappa shape index (κ3) is 5.18. The summed E-state index contributed by atoms with van der Waals surface area (Å²) in [4.78, 5) is 16.4. The highest BCUT2D eigenvalue weighted by Gasteiger charge is 2.11. The summed E-state index contributed by atoms with van der Waals surface area (Å²) in [5, 5.41) is 9.36. The number of hydrogen-bond donors (Lipinski definition) is 2. The van der Waals surface area contributed by atoms with E-state index < -0.39 is 0 Å². The molecule has 2 heterocycles. The van der Waals surface area contributed by atoms with Gasteiger partial charge in [-0.3, -0.25) is 4.79 Å². The van der Waals surface area contributed by atoms with E-state index in [0.29, 0.717) is 13.0 Å². The van der Waals surface area contributed by atoms with E-state index in [9.17, 15) is 4.79 Å². The highest BCUT2D eigenvalue weighted by atomic mass is 35.5. The summed E-state index contributed by atoms with van der Waals surface area (Å²) < 4.78 is 0. The Morgan fingerprint density at radius 2 is 2.09 bits per heavy atom. The molecule has 0 radical (unpaired) electrons. The van der Waals surface area contributed by atoms with Gasteiger partial charge in [0.25, 0.3) is 0 Å². The van der Waals surface area contributed by atoms with Gasteiger partial charge in [0.05, 0.1) is 17.1 Å². The molecule has 7 heteroatoms. The van der Waals surface area contributed by atoms with Gasteiger partial charge in [-0.2, -0.15) is 0 Å². The first-order valence-electron chi connectivity index (χ1n) is 7.26. The zero-order valence-corrected chi connectivity index (χ0v) is 15.4. The van der Waals surface area contributed by atoms with E-state index in [1.807, 2.05) is 5.38 Å². The summed E-state index contributed by atoms with van der Waals surface area (Å²) in [6.45, 7) is 4.53. The van der Waals surface area contributed by atoms with E-state index in [4.69, 9.17) is 0 Å². The van der Waals surface area contributed by atoms with Gasteiger partial charge < -0.3 is 10.6 Å². The molecule has 0 spiro atoms. The van der Waals surface area contributed by atoms with Crippen LogP contribution in [0.4, 0.5) is 0 Å². The molecule has 1 aliphatic heterocycles. The second-order valence-corrected chi connectivity index (χ2v) is 6.19. The molecule has 2 N–H and O–H groups in total. The van der Waals surface area contributed by atoms with Gasteiger partial charge in [-0.05, 0) is 23.1 Å². The molecule has 1 amide bonds. The number of aromatic nitrogens is 1. The van der Waals surface area contributed by atoms with Crippen molar-refractivity contribution in [2.75, 3.05) is 0 Å². The van der Waals surface area contributed by atoms with E-state index >= 15 is 0 Å². The summed E-state index contributed by atoms with van der Waals surface area (Å²) in [6, 6.07) is 6.41. The molecule has 1 aliphatic rings. The fourth-order valence-electron chi connectivity index (χ4n) is 2.48. The monoisotopic (exact) mass is 373 g/mol. The van der Waals surface area contributed by atoms with Crippen LogP contribution in [0.2, 0.25) is 0 Å². The predicted octanol–water partition coefficient (Wildman–Crippen LogP) is 3.01. The number of nitrogens with zero attached hydrogens (tertiary/aromatic N) is 1. The molecule has 3 rings (SSSR count). The van der Waals surface area contributed by atoms with E-state index in [-0.39, 0.29) is 30.7 Å². The molecule has 2 aromatic rings. The lowest BCUT2D eigenvalue weighted by atomic mass is 10.1. The molecule has 4 nitrogen and oxygen atoms in total. The molecule has 0 saturated carbocycles. The van der Waals surface area contributed by atoms with Crippen molar-refractivity contribution < 1.29 is 4.79 Å². The topological polar surface area (TPSA) is 54.0 Å². The Morgan fingerprint density at radius 3 is 2.83 bits per heavy atom. The lowest BCUT2D eigenvalue weighted by Crippen LogP contribution is -2.24. The molecular weight excluding hydrogens is 353 g/mol. The van der Waals surface area contributed by atoms with Crippen molar-refractivity contribution in [3.05, 3.63) is 51.0 Å². The van der Waals surface area contributed by atoms with Crippen LogP contribution in [0, 0.1) is 0 Å². The smallest absolute Gasteiger partial charge is 0.226 e. The van der Waals surface area contributed by atoms with Crippen molar-refractivity contribution in [1.29, 1.82) is 0 Å². The minimum absolute atomic E-state index is 0. The van der Waals surface area contributed by atoms with Crippen LogP contribution in [-0.4, -0.2) is 10.9 Å². The minimum Gasteiger partial charge on any atom is -0.352 e. The number of fused-ring (bicyclic) bond motifs is 1. The maximum Gasteiger partial charge on any atom is 0.226 e. The summed E-state index contributed by atoms with van der Waals surface area (Å²) in [5.74, 6) is 0.0292. The number of amides is 1. The van der Waals surface area contributed by atoms with Crippen LogP contribution in [0.25, 0.3) is 0 Å². The molecule has 0 fully saturated rings. The molecule has 0 saturated heterocycles. The SMILES string of the molecule is CCc1nc(CC(=O)NCc2ccc3c(c2)CNC3)cs1.Cl.Cl. The molecular formula is C16H21Cl2N3OS. The van der Waals surface area contributed by atoms with Gasteiger partial charge >= 0.3 is 0 Å². The third-order valence-electron chi connectivity index (χ3n) is 3.63. The van der Waals surface area contributed by atoms with Gasteiger partial charge in [-0.1, -0.05) is 25.1 Å². The number of carbonyl (C=O) groups excluding carboxylic acids is 1. The Labute approximate surface area is 152 Å². The fourth-order valence-corrected chi connectivity index (χ4v) is 3.22. The number of hydrogen-bond acceptors (Lipinski definition) is 4. The van der Waals surface area contributed by atoms with Crippen LogP contribution in [0.5, 0.6) is 0 Å². The van der Waals surface area contributed by atoms with Crippen molar-refractivity contribution in [3.63, 3.8) is 0 Å². The molecule has 1 aromatic carbocycles. The molecule has 0 bridgehead atoms. The Morgan fingerprint density at radius 1 is 1.30 bits per heavy atom. The first-order valence-corrected chi connectivity index (χ1v) is 8.14. The predicted molar refractivity (Wildman–Crippen MR) is 98.5 cm³/mol. The maximum atomic E-state index is 12.0. The lowest BCUT2D eigenvalue weighted by molar-refractivity contribution is -0.120. The van der Waals surface area contributed by atoms with E-state index in [1.165, 1.54) is 11.1 Å². The van der Waals surface area contributed by atoms with Gasteiger partial charge in [-0.25, -0.2) is 4.98 Å². The van der Waals surface area contributed by atoms with Gasteiger partial charge in [0.2, 0.25) is 5.91 Å². The van der Waals surface area contributed by atoms with Gasteiger partial charge in [-0.15, -0.1) is 36.2 Å². The van der Waals surface area contributed by atoms with Gasteiger partial charge in [0.1, 0.15) is 0 Å². The molecule has 0 unspecified atom stereocenters. The second-order valence-electron chi connectivity index (χ2n) is 5.25. The second kappa shape index (κ2) is 9.23. The van der Waals surface area contributed by atoms with Crippen molar-refractivity contribution in [2.45, 2.75) is 39.4 Å². The van der Waals surface area contributed by atoms with E-state index in [0.717, 1.165) is 35.8 Å². The van der Waals surface area contributed by atoms with Crippen LogP contribution in [0.3, 0.4) is 0 Å². The zero-order chi connectivity index (χ0) is 14.7.